The Hall–Kier alpha value is -2.60. The molecule has 1 unspecified atom stereocenters. The van der Waals surface area contributed by atoms with Crippen molar-refractivity contribution in [3.8, 4) is 0 Å². The second kappa shape index (κ2) is 8.48. The summed E-state index contributed by atoms with van der Waals surface area (Å²) in [6, 6.07) is 11.2. The quantitative estimate of drug-likeness (QED) is 0.774. The molecule has 0 saturated heterocycles. The number of hydrogen-bond acceptors (Lipinski definition) is 3. The van der Waals surface area contributed by atoms with E-state index in [0.29, 0.717) is 25.2 Å². The van der Waals surface area contributed by atoms with Crippen LogP contribution in [0.2, 0.25) is 0 Å². The third-order valence-electron chi connectivity index (χ3n) is 4.02. The van der Waals surface area contributed by atoms with Crippen molar-refractivity contribution >= 4 is 11.8 Å². The van der Waals surface area contributed by atoms with Crippen LogP contribution in [0, 0.1) is 6.92 Å². The Bertz CT molecular complexity index is 722. The smallest absolute Gasteiger partial charge is 0.277 e. The number of carbonyl (C=O) groups excluding carboxylic acids is 2. The van der Waals surface area contributed by atoms with Crippen LogP contribution >= 0.6 is 0 Å². The third-order valence-corrected chi connectivity index (χ3v) is 4.02. The number of aryl methyl sites for hydroxylation is 1. The molecular formula is C19H26N3O3+. The predicted octanol–water partition coefficient (Wildman–Crippen LogP) is 0.621. The van der Waals surface area contributed by atoms with Gasteiger partial charge in [0.25, 0.3) is 11.8 Å². The van der Waals surface area contributed by atoms with Crippen molar-refractivity contribution < 1.29 is 18.9 Å². The lowest BCUT2D eigenvalue weighted by molar-refractivity contribution is -0.885. The molecule has 1 aromatic heterocycles. The minimum Gasteiger partial charge on any atom is -0.464 e. The summed E-state index contributed by atoms with van der Waals surface area (Å²) in [6.07, 6.45) is 0. The average molecular weight is 344 g/mol. The number of hydrogen-bond donors (Lipinski definition) is 2. The van der Waals surface area contributed by atoms with Crippen LogP contribution in [0.15, 0.2) is 40.8 Å². The number of carbonyl (C=O) groups is 2. The Balaban J connectivity index is 1.85. The number of nitrogens with one attached hydrogen (secondary N) is 2. The Morgan fingerprint density at radius 2 is 1.84 bits per heavy atom. The summed E-state index contributed by atoms with van der Waals surface area (Å²) >= 11 is 0. The molecule has 25 heavy (non-hydrogen) atoms. The second-order valence-corrected chi connectivity index (χ2v) is 6.35. The molecule has 0 bridgehead atoms. The first-order chi connectivity index (χ1) is 11.9. The summed E-state index contributed by atoms with van der Waals surface area (Å²) in [5, 5.41) is 2.60. The maximum Gasteiger partial charge on any atom is 0.277 e. The van der Waals surface area contributed by atoms with Gasteiger partial charge in [0.2, 0.25) is 0 Å². The van der Waals surface area contributed by atoms with Gasteiger partial charge in [0.05, 0.1) is 13.6 Å². The van der Waals surface area contributed by atoms with E-state index in [9.17, 15) is 9.59 Å². The van der Waals surface area contributed by atoms with Gasteiger partial charge in [-0.05, 0) is 31.2 Å². The molecule has 2 amide bonds. The molecule has 0 spiro atoms. The fraction of sp³-hybridized carbons (Fsp3) is 0.368. The number of amides is 2. The fourth-order valence-electron chi connectivity index (χ4n) is 2.61. The van der Waals surface area contributed by atoms with Crippen molar-refractivity contribution in [3.05, 3.63) is 59.0 Å². The number of furan rings is 1. The summed E-state index contributed by atoms with van der Waals surface area (Å²) < 4.78 is 5.51. The van der Waals surface area contributed by atoms with Gasteiger partial charge in [0.15, 0.2) is 6.54 Å². The number of likely N-dealkylation sites (N-methyl/N-ethyl adjacent to an activating group) is 2. The topological polar surface area (TPSA) is 67.0 Å². The lowest BCUT2D eigenvalue weighted by Gasteiger charge is -2.19. The van der Waals surface area contributed by atoms with Crippen LogP contribution in [0.1, 0.15) is 27.4 Å². The van der Waals surface area contributed by atoms with E-state index in [-0.39, 0.29) is 11.8 Å². The number of rotatable bonds is 7. The van der Waals surface area contributed by atoms with Crippen LogP contribution in [0.4, 0.5) is 0 Å². The standard InChI is InChI=1S/C19H25N3O3/c1-14-5-10-17(25-14)12-22(4)18(23)13-21(3)11-15-6-8-16(9-7-15)19(24)20-2/h5-10H,11-13H2,1-4H3,(H,20,24)/p+1. The van der Waals surface area contributed by atoms with E-state index >= 15 is 0 Å². The van der Waals surface area contributed by atoms with Crippen molar-refractivity contribution in [2.75, 3.05) is 27.7 Å². The summed E-state index contributed by atoms with van der Waals surface area (Å²) in [5.74, 6) is 1.60. The van der Waals surface area contributed by atoms with E-state index in [0.717, 1.165) is 22.0 Å². The van der Waals surface area contributed by atoms with Crippen molar-refractivity contribution in [1.82, 2.24) is 10.2 Å². The van der Waals surface area contributed by atoms with E-state index in [4.69, 9.17) is 4.42 Å². The highest BCUT2D eigenvalue weighted by atomic mass is 16.3. The lowest BCUT2D eigenvalue weighted by Crippen LogP contribution is -3.08. The van der Waals surface area contributed by atoms with Gasteiger partial charge >= 0.3 is 0 Å². The minimum absolute atomic E-state index is 0.0635. The molecule has 6 nitrogen and oxygen atoms in total. The fourth-order valence-corrected chi connectivity index (χ4v) is 2.61. The molecule has 1 aromatic carbocycles. The van der Waals surface area contributed by atoms with Gasteiger partial charge in [-0.2, -0.15) is 0 Å². The highest BCUT2D eigenvalue weighted by Crippen LogP contribution is 2.08. The number of nitrogens with zero attached hydrogens (tertiary/aromatic N) is 1. The maximum absolute atomic E-state index is 12.3. The summed E-state index contributed by atoms with van der Waals surface area (Å²) in [7, 11) is 5.38. The van der Waals surface area contributed by atoms with Crippen molar-refractivity contribution in [2.45, 2.75) is 20.0 Å². The highest BCUT2D eigenvalue weighted by molar-refractivity contribution is 5.93. The molecule has 0 aliphatic rings. The van der Waals surface area contributed by atoms with Crippen LogP contribution in [-0.4, -0.2) is 44.4 Å². The second-order valence-electron chi connectivity index (χ2n) is 6.35. The van der Waals surface area contributed by atoms with Crippen LogP contribution in [0.3, 0.4) is 0 Å². The molecule has 0 aliphatic carbocycles. The van der Waals surface area contributed by atoms with E-state index in [2.05, 4.69) is 5.32 Å². The van der Waals surface area contributed by atoms with Gasteiger partial charge in [0, 0.05) is 25.2 Å². The van der Waals surface area contributed by atoms with E-state index in [1.165, 1.54) is 0 Å². The first-order valence-electron chi connectivity index (χ1n) is 8.30. The zero-order valence-electron chi connectivity index (χ0n) is 15.3. The Labute approximate surface area is 148 Å². The molecule has 0 aliphatic heterocycles. The molecule has 1 heterocycles. The Morgan fingerprint density at radius 1 is 1.16 bits per heavy atom. The zero-order valence-corrected chi connectivity index (χ0v) is 15.3. The van der Waals surface area contributed by atoms with Gasteiger partial charge in [-0.25, -0.2) is 0 Å². The van der Waals surface area contributed by atoms with Gasteiger partial charge < -0.3 is 19.5 Å². The summed E-state index contributed by atoms with van der Waals surface area (Å²) in [6.45, 7) is 3.47. The van der Waals surface area contributed by atoms with E-state index in [1.54, 1.807) is 31.1 Å². The maximum atomic E-state index is 12.3. The monoisotopic (exact) mass is 344 g/mol. The van der Waals surface area contributed by atoms with E-state index in [1.807, 2.05) is 38.2 Å². The summed E-state index contributed by atoms with van der Waals surface area (Å²) in [4.78, 5) is 26.7. The number of benzene rings is 1. The zero-order chi connectivity index (χ0) is 18.4. The van der Waals surface area contributed by atoms with Gasteiger partial charge in [-0.1, -0.05) is 12.1 Å². The van der Waals surface area contributed by atoms with Crippen LogP contribution in [0.25, 0.3) is 0 Å². The highest BCUT2D eigenvalue weighted by Gasteiger charge is 2.16. The summed E-state index contributed by atoms with van der Waals surface area (Å²) in [5.41, 5.74) is 1.72. The van der Waals surface area contributed by atoms with Crippen molar-refractivity contribution in [1.29, 1.82) is 0 Å². The van der Waals surface area contributed by atoms with Crippen LogP contribution < -0.4 is 10.2 Å². The Kier molecular flexibility index (Phi) is 6.36. The molecule has 2 aromatic rings. The molecule has 0 radical (unpaired) electrons. The van der Waals surface area contributed by atoms with Crippen molar-refractivity contribution in [3.63, 3.8) is 0 Å². The predicted molar refractivity (Wildman–Crippen MR) is 95.2 cm³/mol. The molecule has 1 atom stereocenters. The van der Waals surface area contributed by atoms with Gasteiger partial charge in [-0.3, -0.25) is 9.59 Å². The van der Waals surface area contributed by atoms with Gasteiger partial charge in [-0.15, -0.1) is 0 Å². The first-order valence-corrected chi connectivity index (χ1v) is 8.30. The van der Waals surface area contributed by atoms with Crippen LogP contribution in [-0.2, 0) is 17.9 Å². The molecule has 6 heteroatoms. The largest absolute Gasteiger partial charge is 0.464 e. The Morgan fingerprint density at radius 3 is 2.40 bits per heavy atom. The molecular weight excluding hydrogens is 318 g/mol. The first kappa shape index (κ1) is 18.7. The van der Waals surface area contributed by atoms with Crippen molar-refractivity contribution in [2.24, 2.45) is 0 Å². The number of quaternary nitrogens is 1. The molecule has 134 valence electrons. The average Bonchev–Trinajstić information content (AvgIpc) is 2.99. The molecule has 0 fully saturated rings. The minimum atomic E-state index is -0.0998. The van der Waals surface area contributed by atoms with Crippen LogP contribution in [0.5, 0.6) is 0 Å². The van der Waals surface area contributed by atoms with Gasteiger partial charge in [0.1, 0.15) is 18.1 Å². The molecule has 2 rings (SSSR count). The molecule has 0 saturated carbocycles. The molecule has 2 N–H and O–H groups in total. The normalized spacial score (nSPS) is 11.8. The SMILES string of the molecule is CNC(=O)c1ccc(C[NH+](C)CC(=O)N(C)Cc2ccc(C)o2)cc1. The van der Waals surface area contributed by atoms with E-state index < -0.39 is 0 Å². The third kappa shape index (κ3) is 5.46. The lowest BCUT2D eigenvalue weighted by atomic mass is 10.1.